The summed E-state index contributed by atoms with van der Waals surface area (Å²) in [6, 6.07) is 3.93. The second-order valence-corrected chi connectivity index (χ2v) is 5.08. The van der Waals surface area contributed by atoms with Crippen molar-refractivity contribution in [3.05, 3.63) is 23.7 Å². The van der Waals surface area contributed by atoms with Gasteiger partial charge < -0.3 is 19.2 Å². The van der Waals surface area contributed by atoms with Crippen LogP contribution in [0.5, 0.6) is 0 Å². The number of rotatable bonds is 5. The fourth-order valence-electron chi connectivity index (χ4n) is 2.88. The summed E-state index contributed by atoms with van der Waals surface area (Å²) in [6.07, 6.45) is 6.53. The summed E-state index contributed by atoms with van der Waals surface area (Å²) in [5.74, 6) is -0.558. The van der Waals surface area contributed by atoms with Gasteiger partial charge in [-0.3, -0.25) is 0 Å². The number of hydrogen-bond acceptors (Lipinski definition) is 3. The second-order valence-electron chi connectivity index (χ2n) is 5.08. The predicted molar refractivity (Wildman–Crippen MR) is 65.1 cm³/mol. The summed E-state index contributed by atoms with van der Waals surface area (Å²) >= 11 is 0. The Kier molecular flexibility index (Phi) is 4.42. The van der Waals surface area contributed by atoms with Crippen LogP contribution in [0.3, 0.4) is 0 Å². The van der Waals surface area contributed by atoms with Gasteiger partial charge in [-0.05, 0) is 44.7 Å². The Balaban J connectivity index is 1.97. The van der Waals surface area contributed by atoms with E-state index in [0.717, 1.165) is 18.8 Å². The predicted octanol–water partition coefficient (Wildman–Crippen LogP) is 0.381. The van der Waals surface area contributed by atoms with Crippen molar-refractivity contribution in [3.8, 4) is 0 Å². The first kappa shape index (κ1) is 13.1. The van der Waals surface area contributed by atoms with Crippen LogP contribution in [0, 0.1) is 0 Å². The zero-order chi connectivity index (χ0) is 13.0. The lowest BCUT2D eigenvalue weighted by Gasteiger charge is -2.29. The number of hydrogen-bond donors (Lipinski definition) is 1. The maximum Gasteiger partial charge on any atom is 0.159 e. The summed E-state index contributed by atoms with van der Waals surface area (Å²) in [7, 11) is 0. The summed E-state index contributed by atoms with van der Waals surface area (Å²) in [5.41, 5.74) is 0. The average Bonchev–Trinajstić information content (AvgIpc) is 2.86. The van der Waals surface area contributed by atoms with Crippen LogP contribution in [0.1, 0.15) is 55.3 Å². The minimum atomic E-state index is -1.24. The lowest BCUT2D eigenvalue weighted by atomic mass is 9.94. The molecule has 18 heavy (non-hydrogen) atoms. The smallest absolute Gasteiger partial charge is 0.159 e. The largest absolute Gasteiger partial charge is 0.542 e. The topological polar surface area (TPSA) is 57.7 Å². The molecule has 4 heteroatoms. The molecule has 0 bridgehead atoms. The number of aromatic carboxylic acids is 1. The molecule has 1 aliphatic carbocycles. The third-order valence-electron chi connectivity index (χ3n) is 3.90. The van der Waals surface area contributed by atoms with E-state index in [2.05, 4.69) is 6.92 Å². The first-order chi connectivity index (χ1) is 8.70. The molecule has 100 valence electrons. The van der Waals surface area contributed by atoms with Gasteiger partial charge in [-0.25, -0.2) is 0 Å². The molecule has 0 saturated heterocycles. The highest BCUT2D eigenvalue weighted by Crippen LogP contribution is 2.16. The zero-order valence-corrected chi connectivity index (χ0v) is 10.9. The monoisotopic (exact) mass is 251 g/mol. The highest BCUT2D eigenvalue weighted by atomic mass is 16.4. The van der Waals surface area contributed by atoms with E-state index < -0.39 is 5.97 Å². The third-order valence-corrected chi connectivity index (χ3v) is 3.90. The van der Waals surface area contributed by atoms with Crippen molar-refractivity contribution >= 4 is 5.97 Å². The van der Waals surface area contributed by atoms with Crippen LogP contribution in [0.2, 0.25) is 0 Å². The van der Waals surface area contributed by atoms with Crippen molar-refractivity contribution in [2.24, 2.45) is 0 Å². The summed E-state index contributed by atoms with van der Waals surface area (Å²) in [6.45, 7) is 3.99. The number of carbonyl (C=O) groups excluding carboxylic acids is 1. The fraction of sp³-hybridized carbons (Fsp3) is 0.643. The number of carboxylic acids is 1. The Bertz CT molecular complexity index is 393. The number of carbonyl (C=O) groups is 1. The van der Waals surface area contributed by atoms with Crippen molar-refractivity contribution < 1.29 is 19.2 Å². The highest BCUT2D eigenvalue weighted by Gasteiger charge is 2.24. The Morgan fingerprint density at radius 2 is 2.11 bits per heavy atom. The van der Waals surface area contributed by atoms with E-state index in [0.29, 0.717) is 6.04 Å². The minimum Gasteiger partial charge on any atom is -0.542 e. The molecule has 2 rings (SSSR count). The van der Waals surface area contributed by atoms with Crippen molar-refractivity contribution in [1.29, 1.82) is 0 Å². The molecule has 1 fully saturated rings. The Morgan fingerprint density at radius 1 is 1.39 bits per heavy atom. The molecule has 1 heterocycles. The third kappa shape index (κ3) is 3.13. The summed E-state index contributed by atoms with van der Waals surface area (Å²) < 4.78 is 5.29. The molecule has 0 aromatic carbocycles. The molecule has 4 nitrogen and oxygen atoms in total. The van der Waals surface area contributed by atoms with Gasteiger partial charge in [0.15, 0.2) is 5.76 Å². The maximum atomic E-state index is 10.7. The second kappa shape index (κ2) is 6.05. The van der Waals surface area contributed by atoms with Crippen LogP contribution in [-0.4, -0.2) is 18.6 Å². The molecule has 1 unspecified atom stereocenters. The van der Waals surface area contributed by atoms with E-state index in [9.17, 15) is 9.90 Å². The molecule has 0 spiro atoms. The van der Waals surface area contributed by atoms with E-state index in [1.54, 1.807) is 6.07 Å². The lowest BCUT2D eigenvalue weighted by Crippen LogP contribution is -3.14. The van der Waals surface area contributed by atoms with Crippen LogP contribution < -0.4 is 10.0 Å². The minimum absolute atomic E-state index is 0.0657. The number of nitrogens with one attached hydrogen (secondary N) is 1. The standard InChI is InChI=1S/C14H21NO3/c1-2-15(11-6-4-3-5-7-11)10-12-8-9-13(18-12)14(16)17/h8-9,11H,2-7,10H2,1H3,(H,16,17). The van der Waals surface area contributed by atoms with Gasteiger partial charge in [0.05, 0.1) is 12.6 Å². The number of carboxylic acid groups (broad SMARTS) is 1. The molecule has 0 amide bonds. The van der Waals surface area contributed by atoms with Gasteiger partial charge in [0.2, 0.25) is 0 Å². The first-order valence-electron chi connectivity index (χ1n) is 6.85. The molecule has 1 aromatic rings. The van der Waals surface area contributed by atoms with E-state index in [-0.39, 0.29) is 5.76 Å². The van der Waals surface area contributed by atoms with E-state index in [4.69, 9.17) is 4.42 Å². The van der Waals surface area contributed by atoms with Gasteiger partial charge in [0.1, 0.15) is 18.3 Å². The van der Waals surface area contributed by atoms with Crippen LogP contribution in [0.15, 0.2) is 16.5 Å². The normalized spacial score (nSPS) is 18.7. The fourth-order valence-corrected chi connectivity index (χ4v) is 2.88. The molecule has 0 aliphatic heterocycles. The molecular weight excluding hydrogens is 230 g/mol. The number of quaternary nitrogens is 1. The summed E-state index contributed by atoms with van der Waals surface area (Å²) in [4.78, 5) is 12.2. The van der Waals surface area contributed by atoms with Crippen LogP contribution in [0.25, 0.3) is 0 Å². The molecular formula is C14H21NO3. The van der Waals surface area contributed by atoms with Crippen LogP contribution in [0.4, 0.5) is 0 Å². The van der Waals surface area contributed by atoms with E-state index >= 15 is 0 Å². The van der Waals surface area contributed by atoms with Crippen molar-refractivity contribution in [1.82, 2.24) is 0 Å². The Morgan fingerprint density at radius 3 is 2.67 bits per heavy atom. The van der Waals surface area contributed by atoms with Crippen LogP contribution in [-0.2, 0) is 6.54 Å². The van der Waals surface area contributed by atoms with Gasteiger partial charge in [0, 0.05) is 0 Å². The van der Waals surface area contributed by atoms with Crippen molar-refractivity contribution in [2.75, 3.05) is 6.54 Å². The van der Waals surface area contributed by atoms with Crippen molar-refractivity contribution in [2.45, 2.75) is 51.6 Å². The van der Waals surface area contributed by atoms with E-state index in [1.807, 2.05) is 0 Å². The maximum absolute atomic E-state index is 10.7. The van der Waals surface area contributed by atoms with Crippen molar-refractivity contribution in [3.63, 3.8) is 0 Å². The van der Waals surface area contributed by atoms with Gasteiger partial charge in [-0.2, -0.15) is 0 Å². The van der Waals surface area contributed by atoms with E-state index in [1.165, 1.54) is 43.1 Å². The SMILES string of the molecule is CC[NH+](Cc1ccc(C(=O)[O-])o1)C1CCCCC1. The van der Waals surface area contributed by atoms with Gasteiger partial charge in [0.25, 0.3) is 0 Å². The first-order valence-corrected chi connectivity index (χ1v) is 6.85. The quantitative estimate of drug-likeness (QED) is 0.823. The summed E-state index contributed by atoms with van der Waals surface area (Å²) in [5, 5.41) is 10.7. The Labute approximate surface area is 108 Å². The number of furan rings is 1. The van der Waals surface area contributed by atoms with Gasteiger partial charge in [-0.15, -0.1) is 0 Å². The molecule has 1 saturated carbocycles. The highest BCUT2D eigenvalue weighted by molar-refractivity contribution is 5.82. The molecule has 1 N–H and O–H groups in total. The average molecular weight is 251 g/mol. The van der Waals surface area contributed by atoms with Gasteiger partial charge >= 0.3 is 0 Å². The zero-order valence-electron chi connectivity index (χ0n) is 10.9. The molecule has 1 aromatic heterocycles. The lowest BCUT2D eigenvalue weighted by molar-refractivity contribution is -0.939. The van der Waals surface area contributed by atoms with Gasteiger partial charge in [-0.1, -0.05) is 6.42 Å². The van der Waals surface area contributed by atoms with Crippen LogP contribution >= 0.6 is 0 Å². The molecule has 1 atom stereocenters. The molecule has 0 radical (unpaired) electrons. The Hall–Kier alpha value is -1.29. The molecule has 1 aliphatic rings.